The first-order valence-corrected chi connectivity index (χ1v) is 18.6. The van der Waals surface area contributed by atoms with E-state index in [4.69, 9.17) is 19.4 Å². The molecule has 0 bridgehead atoms. The van der Waals surface area contributed by atoms with Crippen molar-refractivity contribution in [3.63, 3.8) is 0 Å². The van der Waals surface area contributed by atoms with Crippen LogP contribution < -0.4 is 14.8 Å². The van der Waals surface area contributed by atoms with Crippen LogP contribution in [0.1, 0.15) is 22.3 Å². The molecule has 0 spiro atoms. The number of piperazine rings is 1. The van der Waals surface area contributed by atoms with Gasteiger partial charge in [-0.1, -0.05) is 48.5 Å². The van der Waals surface area contributed by atoms with Crippen molar-refractivity contribution >= 4 is 28.5 Å². The number of nitrogens with zero attached hydrogens (tertiary/aromatic N) is 5. The first-order valence-electron chi connectivity index (χ1n) is 18.6. The van der Waals surface area contributed by atoms with Crippen LogP contribution in [-0.4, -0.2) is 60.3 Å². The highest BCUT2D eigenvalue weighted by Gasteiger charge is 2.52. The highest BCUT2D eigenvalue weighted by Crippen LogP contribution is 2.55. The Morgan fingerprint density at radius 3 is 1.60 bits per heavy atom. The van der Waals surface area contributed by atoms with Gasteiger partial charge < -0.3 is 29.9 Å². The summed E-state index contributed by atoms with van der Waals surface area (Å²) in [5.74, 6) is -0.686. The van der Waals surface area contributed by atoms with E-state index < -0.39 is 17.2 Å². The third-order valence-corrected chi connectivity index (χ3v) is 10.6. The number of nitrogens with one attached hydrogen (secondary N) is 1. The molecule has 13 heteroatoms. The second-order valence-electron chi connectivity index (χ2n) is 14.2. The van der Waals surface area contributed by atoms with Gasteiger partial charge in [0, 0.05) is 42.5 Å². The van der Waals surface area contributed by atoms with Gasteiger partial charge in [0.05, 0.1) is 34.9 Å². The molecule has 3 N–H and O–H groups in total. The van der Waals surface area contributed by atoms with Crippen molar-refractivity contribution in [2.24, 2.45) is 0 Å². The number of ether oxygens (including phenoxy) is 2. The number of rotatable bonds is 9. The Labute approximate surface area is 331 Å². The molecular weight excluding hydrogens is 743 g/mol. The lowest BCUT2D eigenvalue weighted by molar-refractivity contribution is -0.124. The highest BCUT2D eigenvalue weighted by atomic mass is 19.1. The SMILES string of the molecule is Cc1ccc(F)cc1Oc1c(C2(c3c(Oc4cc(F)ccc4C)n(-c4ccccc4)c4ncc(O)cc34)CNCCN2C=O)c2cc(O)cnc2n1-c1ccccc1. The molecule has 0 atom stereocenters. The molecule has 0 unspecified atom stereocenters. The van der Waals surface area contributed by atoms with Gasteiger partial charge in [0.25, 0.3) is 0 Å². The minimum absolute atomic E-state index is 0.0375. The van der Waals surface area contributed by atoms with E-state index in [0.717, 1.165) is 6.41 Å². The number of para-hydroxylation sites is 2. The van der Waals surface area contributed by atoms with E-state index in [1.165, 1.54) is 36.7 Å². The van der Waals surface area contributed by atoms with E-state index in [-0.39, 0.29) is 47.8 Å². The van der Waals surface area contributed by atoms with E-state index in [9.17, 15) is 15.0 Å². The first-order chi connectivity index (χ1) is 28.2. The number of hydrogen-bond acceptors (Lipinski definition) is 8. The Balaban J connectivity index is 1.50. The second-order valence-corrected chi connectivity index (χ2v) is 14.2. The van der Waals surface area contributed by atoms with Crippen molar-refractivity contribution in [2.75, 3.05) is 19.6 Å². The molecule has 290 valence electrons. The van der Waals surface area contributed by atoms with E-state index in [2.05, 4.69) is 5.32 Å². The topological polar surface area (TPSA) is 127 Å². The number of carbonyl (C=O) groups excluding carboxylic acids is 1. The van der Waals surface area contributed by atoms with Crippen LogP contribution >= 0.6 is 0 Å². The number of benzene rings is 4. The molecule has 0 radical (unpaired) electrons. The predicted octanol–water partition coefficient (Wildman–Crippen LogP) is 8.56. The van der Waals surface area contributed by atoms with Gasteiger partial charge in [0.15, 0.2) is 0 Å². The molecule has 1 aliphatic rings. The Kier molecular flexibility index (Phi) is 9.01. The lowest BCUT2D eigenvalue weighted by Gasteiger charge is -2.46. The normalized spacial score (nSPS) is 13.9. The summed E-state index contributed by atoms with van der Waals surface area (Å²) < 4.78 is 47.5. The zero-order valence-electron chi connectivity index (χ0n) is 31.4. The van der Waals surface area contributed by atoms with Gasteiger partial charge >= 0.3 is 0 Å². The van der Waals surface area contributed by atoms with E-state index in [1.54, 1.807) is 52.1 Å². The summed E-state index contributed by atoms with van der Waals surface area (Å²) in [5.41, 5.74) is 2.28. The maximum atomic E-state index is 15.1. The molecule has 1 aliphatic heterocycles. The summed E-state index contributed by atoms with van der Waals surface area (Å²) in [6, 6.07) is 30.1. The zero-order chi connectivity index (χ0) is 40.1. The lowest BCUT2D eigenvalue weighted by atomic mass is 9.79. The van der Waals surface area contributed by atoms with Crippen LogP contribution in [0.2, 0.25) is 0 Å². The van der Waals surface area contributed by atoms with Gasteiger partial charge in [-0.25, -0.2) is 18.7 Å². The summed E-state index contributed by atoms with van der Waals surface area (Å²) >= 11 is 0. The molecule has 4 aromatic carbocycles. The fourth-order valence-corrected chi connectivity index (χ4v) is 7.96. The van der Waals surface area contributed by atoms with Crippen LogP contribution in [-0.2, 0) is 10.3 Å². The number of aromatic hydroxyl groups is 2. The Bertz CT molecular complexity index is 2680. The van der Waals surface area contributed by atoms with Gasteiger partial charge in [-0.15, -0.1) is 0 Å². The molecule has 1 fully saturated rings. The Morgan fingerprint density at radius 1 is 0.690 bits per heavy atom. The standard InChI is InChI=1S/C45H36F2N6O5/c1-27-13-15-29(46)19-37(27)57-43-39(35-21-33(55)23-49-41(35)52(43)31-9-5-3-6-10-31)45(25-48-17-18-51(45)26-54)40-36-22-34(56)24-50-42(36)53(32-11-7-4-8-12-32)44(40)58-38-20-30(47)16-14-28(38)2/h3-16,19-24,26,48,55-56H,17-18,25H2,1-2H3. The summed E-state index contributed by atoms with van der Waals surface area (Å²) in [4.78, 5) is 24.9. The summed E-state index contributed by atoms with van der Waals surface area (Å²) in [6.45, 7) is 4.20. The molecule has 58 heavy (non-hydrogen) atoms. The number of fused-ring (bicyclic) bond motifs is 2. The van der Waals surface area contributed by atoms with Crippen LogP contribution in [0.4, 0.5) is 8.78 Å². The fraction of sp³-hybridized carbons (Fsp3) is 0.133. The molecule has 0 saturated carbocycles. The quantitative estimate of drug-likeness (QED) is 0.125. The Hall–Kier alpha value is -7.25. The number of amides is 1. The van der Waals surface area contributed by atoms with Gasteiger partial charge in [0.1, 0.15) is 51.5 Å². The largest absolute Gasteiger partial charge is 0.506 e. The van der Waals surface area contributed by atoms with Crippen LogP contribution in [0.15, 0.2) is 122 Å². The van der Waals surface area contributed by atoms with Crippen molar-refractivity contribution in [3.05, 3.63) is 155 Å². The minimum Gasteiger partial charge on any atom is -0.506 e. The molecule has 4 aromatic heterocycles. The number of hydrogen-bond donors (Lipinski definition) is 3. The summed E-state index contributed by atoms with van der Waals surface area (Å²) in [7, 11) is 0. The molecule has 8 aromatic rings. The molecular formula is C45H36F2N6O5. The van der Waals surface area contributed by atoms with Gasteiger partial charge in [0.2, 0.25) is 18.2 Å². The fourth-order valence-electron chi connectivity index (χ4n) is 7.96. The number of pyridine rings is 2. The van der Waals surface area contributed by atoms with E-state index in [0.29, 0.717) is 62.2 Å². The number of carbonyl (C=O) groups is 1. The second kappa shape index (κ2) is 14.4. The van der Waals surface area contributed by atoms with Crippen molar-refractivity contribution in [1.82, 2.24) is 29.3 Å². The molecule has 0 aliphatic carbocycles. The van der Waals surface area contributed by atoms with Crippen LogP contribution in [0.3, 0.4) is 0 Å². The van der Waals surface area contributed by atoms with E-state index in [1.807, 2.05) is 60.7 Å². The molecule has 5 heterocycles. The average Bonchev–Trinajstić information content (AvgIpc) is 3.72. The number of aryl methyl sites for hydroxylation is 2. The molecule has 11 nitrogen and oxygen atoms in total. The van der Waals surface area contributed by atoms with Crippen LogP contribution in [0.5, 0.6) is 34.8 Å². The van der Waals surface area contributed by atoms with Crippen molar-refractivity contribution < 1.29 is 33.3 Å². The van der Waals surface area contributed by atoms with Crippen molar-refractivity contribution in [3.8, 4) is 46.1 Å². The maximum absolute atomic E-state index is 15.1. The average molecular weight is 779 g/mol. The van der Waals surface area contributed by atoms with Gasteiger partial charge in [-0.2, -0.15) is 0 Å². The molecule has 9 rings (SSSR count). The summed E-state index contributed by atoms with van der Waals surface area (Å²) in [5, 5.41) is 26.6. The third-order valence-electron chi connectivity index (χ3n) is 10.6. The number of aromatic nitrogens is 4. The third kappa shape index (κ3) is 5.94. The van der Waals surface area contributed by atoms with Crippen LogP contribution in [0.25, 0.3) is 33.4 Å². The molecule has 1 saturated heterocycles. The highest BCUT2D eigenvalue weighted by molar-refractivity contribution is 5.94. The summed E-state index contributed by atoms with van der Waals surface area (Å²) in [6.07, 6.45) is 3.37. The van der Waals surface area contributed by atoms with E-state index >= 15 is 8.78 Å². The van der Waals surface area contributed by atoms with Gasteiger partial charge in [-0.3, -0.25) is 13.9 Å². The van der Waals surface area contributed by atoms with Crippen LogP contribution in [0, 0.1) is 25.5 Å². The molecule has 1 amide bonds. The Morgan fingerprint density at radius 2 is 1.16 bits per heavy atom. The zero-order valence-corrected chi connectivity index (χ0v) is 31.4. The minimum atomic E-state index is -1.63. The maximum Gasteiger partial charge on any atom is 0.213 e. The van der Waals surface area contributed by atoms with Crippen molar-refractivity contribution in [2.45, 2.75) is 19.4 Å². The van der Waals surface area contributed by atoms with Gasteiger partial charge in [-0.05, 0) is 73.5 Å². The monoisotopic (exact) mass is 778 g/mol. The van der Waals surface area contributed by atoms with Crippen molar-refractivity contribution in [1.29, 1.82) is 0 Å². The number of halogens is 2. The smallest absolute Gasteiger partial charge is 0.213 e. The first kappa shape index (κ1) is 36.4. The lowest BCUT2D eigenvalue weighted by Crippen LogP contribution is -2.59. The predicted molar refractivity (Wildman–Crippen MR) is 214 cm³/mol.